The summed E-state index contributed by atoms with van der Waals surface area (Å²) in [4.78, 5) is 11.4. The number of fused-ring (bicyclic) bond motifs is 1. The number of nitrogens with two attached hydrogens (primary N) is 1. The second-order valence-corrected chi connectivity index (χ2v) is 7.73. The maximum absolute atomic E-state index is 11.4. The Balaban J connectivity index is 2.30. The molecule has 2 nitrogen and oxygen atoms in total. The number of carbonyl (C=O) groups excluding carboxylic acids is 1. The third-order valence-electron chi connectivity index (χ3n) is 6.14. The summed E-state index contributed by atoms with van der Waals surface area (Å²) >= 11 is 0. The minimum atomic E-state index is -0.114. The molecule has 1 amide bonds. The molecule has 104 valence electrons. The molecule has 0 aromatic heterocycles. The smallest absolute Gasteiger partial charge is 0.217 e. The number of rotatable bonds is 2. The fraction of sp³-hybridized carbons (Fsp3) is 0.938. The molecular weight excluding hydrogens is 222 g/mol. The molecule has 0 aromatic rings. The Kier molecular flexibility index (Phi) is 3.50. The van der Waals surface area contributed by atoms with Gasteiger partial charge in [-0.25, -0.2) is 0 Å². The zero-order valence-electron chi connectivity index (χ0n) is 12.5. The highest BCUT2D eigenvalue weighted by Crippen LogP contribution is 2.61. The van der Waals surface area contributed by atoms with E-state index in [1.807, 2.05) is 0 Å². The number of amides is 1. The van der Waals surface area contributed by atoms with E-state index in [-0.39, 0.29) is 5.91 Å². The van der Waals surface area contributed by atoms with Gasteiger partial charge in [0.2, 0.25) is 5.91 Å². The van der Waals surface area contributed by atoms with Crippen molar-refractivity contribution in [1.29, 1.82) is 0 Å². The van der Waals surface area contributed by atoms with Gasteiger partial charge in [0.15, 0.2) is 0 Å². The molecule has 18 heavy (non-hydrogen) atoms. The van der Waals surface area contributed by atoms with Crippen molar-refractivity contribution in [2.45, 2.75) is 66.2 Å². The first-order valence-corrected chi connectivity index (χ1v) is 7.55. The fourth-order valence-electron chi connectivity index (χ4n) is 5.26. The zero-order chi connectivity index (χ0) is 13.6. The van der Waals surface area contributed by atoms with E-state index in [0.717, 1.165) is 5.92 Å². The molecule has 0 bridgehead atoms. The molecule has 0 heterocycles. The third kappa shape index (κ3) is 2.19. The van der Waals surface area contributed by atoms with Crippen molar-refractivity contribution in [2.75, 3.05) is 0 Å². The Hall–Kier alpha value is -0.530. The van der Waals surface area contributed by atoms with E-state index in [1.165, 1.54) is 32.1 Å². The second kappa shape index (κ2) is 4.54. The molecule has 2 rings (SSSR count). The molecule has 2 fully saturated rings. The first-order chi connectivity index (χ1) is 8.27. The van der Waals surface area contributed by atoms with Crippen molar-refractivity contribution in [3.8, 4) is 0 Å². The van der Waals surface area contributed by atoms with Crippen molar-refractivity contribution in [1.82, 2.24) is 0 Å². The molecule has 0 aromatic carbocycles. The van der Waals surface area contributed by atoms with Crippen LogP contribution in [0.3, 0.4) is 0 Å². The Labute approximate surface area is 112 Å². The lowest BCUT2D eigenvalue weighted by Crippen LogP contribution is -2.51. The molecule has 2 saturated carbocycles. The summed E-state index contributed by atoms with van der Waals surface area (Å²) in [5.41, 5.74) is 6.26. The Morgan fingerprint density at radius 1 is 1.22 bits per heavy atom. The van der Waals surface area contributed by atoms with Crippen LogP contribution in [0.4, 0.5) is 0 Å². The van der Waals surface area contributed by atoms with E-state index in [4.69, 9.17) is 5.73 Å². The van der Waals surface area contributed by atoms with Crippen molar-refractivity contribution in [3.05, 3.63) is 0 Å². The third-order valence-corrected chi connectivity index (χ3v) is 6.14. The van der Waals surface area contributed by atoms with Gasteiger partial charge in [0.1, 0.15) is 0 Å². The Bertz CT molecular complexity index is 336. The normalized spacial score (nSPS) is 43.2. The van der Waals surface area contributed by atoms with Crippen molar-refractivity contribution >= 4 is 5.91 Å². The SMILES string of the molecule is CC1CCC2C(C)(C)CCCC2(C)C1CC(N)=O. The predicted molar refractivity (Wildman–Crippen MR) is 74.9 cm³/mol. The van der Waals surface area contributed by atoms with Crippen LogP contribution in [0.2, 0.25) is 0 Å². The summed E-state index contributed by atoms with van der Waals surface area (Å²) in [6, 6.07) is 0. The molecule has 0 aliphatic heterocycles. The summed E-state index contributed by atoms with van der Waals surface area (Å²) in [7, 11) is 0. The standard InChI is InChI=1S/C16H29NO/c1-11-6-7-13-15(2,3)8-5-9-16(13,4)12(11)10-14(17)18/h11-13H,5-10H2,1-4H3,(H2,17,18). The van der Waals surface area contributed by atoms with Crippen molar-refractivity contribution < 1.29 is 4.79 Å². The van der Waals surface area contributed by atoms with Gasteiger partial charge in [0.05, 0.1) is 0 Å². The van der Waals surface area contributed by atoms with Gasteiger partial charge in [-0.15, -0.1) is 0 Å². The summed E-state index contributed by atoms with van der Waals surface area (Å²) in [5.74, 6) is 1.79. The van der Waals surface area contributed by atoms with Crippen LogP contribution in [0.25, 0.3) is 0 Å². The van der Waals surface area contributed by atoms with Gasteiger partial charge in [0, 0.05) is 6.42 Å². The number of primary amides is 1. The molecule has 2 heteroatoms. The van der Waals surface area contributed by atoms with E-state index in [2.05, 4.69) is 27.7 Å². The molecule has 2 aliphatic rings. The lowest BCUT2D eigenvalue weighted by Gasteiger charge is -2.59. The first kappa shape index (κ1) is 13.9. The maximum atomic E-state index is 11.4. The van der Waals surface area contributed by atoms with E-state index in [9.17, 15) is 4.79 Å². The monoisotopic (exact) mass is 251 g/mol. The van der Waals surface area contributed by atoms with Gasteiger partial charge in [-0.2, -0.15) is 0 Å². The minimum Gasteiger partial charge on any atom is -0.370 e. The van der Waals surface area contributed by atoms with Gasteiger partial charge in [-0.1, -0.05) is 40.5 Å². The van der Waals surface area contributed by atoms with Crippen LogP contribution >= 0.6 is 0 Å². The van der Waals surface area contributed by atoms with E-state index < -0.39 is 0 Å². The minimum absolute atomic E-state index is 0.114. The van der Waals surface area contributed by atoms with Crippen LogP contribution in [0.5, 0.6) is 0 Å². The lowest BCUT2D eigenvalue weighted by atomic mass is 9.46. The fourth-order valence-corrected chi connectivity index (χ4v) is 5.26. The summed E-state index contributed by atoms with van der Waals surface area (Å²) < 4.78 is 0. The highest BCUT2D eigenvalue weighted by atomic mass is 16.1. The topological polar surface area (TPSA) is 43.1 Å². The zero-order valence-corrected chi connectivity index (χ0v) is 12.5. The molecule has 2 aliphatic carbocycles. The average molecular weight is 251 g/mol. The van der Waals surface area contributed by atoms with Crippen LogP contribution in [-0.4, -0.2) is 5.91 Å². The van der Waals surface area contributed by atoms with E-state index in [0.29, 0.717) is 29.1 Å². The van der Waals surface area contributed by atoms with E-state index in [1.54, 1.807) is 0 Å². The molecule has 4 unspecified atom stereocenters. The molecule has 4 atom stereocenters. The first-order valence-electron chi connectivity index (χ1n) is 7.55. The molecule has 0 spiro atoms. The quantitative estimate of drug-likeness (QED) is 0.798. The van der Waals surface area contributed by atoms with Crippen LogP contribution in [0.1, 0.15) is 66.2 Å². The summed E-state index contributed by atoms with van der Waals surface area (Å²) in [6.45, 7) is 9.59. The Morgan fingerprint density at radius 3 is 2.50 bits per heavy atom. The van der Waals surface area contributed by atoms with E-state index >= 15 is 0 Å². The van der Waals surface area contributed by atoms with Crippen LogP contribution in [-0.2, 0) is 4.79 Å². The largest absolute Gasteiger partial charge is 0.370 e. The van der Waals surface area contributed by atoms with Crippen LogP contribution in [0, 0.1) is 28.6 Å². The van der Waals surface area contributed by atoms with Gasteiger partial charge >= 0.3 is 0 Å². The van der Waals surface area contributed by atoms with Gasteiger partial charge in [0.25, 0.3) is 0 Å². The predicted octanol–water partition coefficient (Wildman–Crippen LogP) is 3.74. The lowest BCUT2D eigenvalue weighted by molar-refractivity contribution is -0.129. The maximum Gasteiger partial charge on any atom is 0.217 e. The molecule has 2 N–H and O–H groups in total. The second-order valence-electron chi connectivity index (χ2n) is 7.73. The van der Waals surface area contributed by atoms with Crippen LogP contribution < -0.4 is 5.73 Å². The van der Waals surface area contributed by atoms with Crippen LogP contribution in [0.15, 0.2) is 0 Å². The number of carbonyl (C=O) groups is 1. The van der Waals surface area contributed by atoms with Crippen molar-refractivity contribution in [2.24, 2.45) is 34.3 Å². The number of hydrogen-bond donors (Lipinski definition) is 1. The van der Waals surface area contributed by atoms with Gasteiger partial charge < -0.3 is 5.73 Å². The van der Waals surface area contributed by atoms with Gasteiger partial charge in [-0.05, 0) is 47.8 Å². The number of hydrogen-bond acceptors (Lipinski definition) is 1. The summed E-state index contributed by atoms with van der Waals surface area (Å²) in [5, 5.41) is 0. The van der Waals surface area contributed by atoms with Crippen molar-refractivity contribution in [3.63, 3.8) is 0 Å². The summed E-state index contributed by atoms with van der Waals surface area (Å²) in [6.07, 6.45) is 7.11. The van der Waals surface area contributed by atoms with Gasteiger partial charge in [-0.3, -0.25) is 4.79 Å². The molecule has 0 radical (unpaired) electrons. The Morgan fingerprint density at radius 2 is 1.89 bits per heavy atom. The highest BCUT2D eigenvalue weighted by Gasteiger charge is 2.53. The highest BCUT2D eigenvalue weighted by molar-refractivity contribution is 5.74. The molecule has 0 saturated heterocycles. The molecular formula is C16H29NO. The average Bonchev–Trinajstić information content (AvgIpc) is 2.22.